The Labute approximate surface area is 200 Å². The number of hydrogen-bond acceptors (Lipinski definition) is 4. The Hall–Kier alpha value is -3.44. The van der Waals surface area contributed by atoms with Gasteiger partial charge in [0, 0.05) is 18.3 Å². The molecule has 1 saturated carbocycles. The lowest BCUT2D eigenvalue weighted by Gasteiger charge is -2.39. The quantitative estimate of drug-likeness (QED) is 0.447. The molecule has 0 unspecified atom stereocenters. The zero-order chi connectivity index (χ0) is 23.5. The summed E-state index contributed by atoms with van der Waals surface area (Å²) in [4.78, 5) is 27.9. The van der Waals surface area contributed by atoms with Crippen molar-refractivity contribution in [1.29, 1.82) is 0 Å². The van der Waals surface area contributed by atoms with E-state index in [0.717, 1.165) is 16.7 Å². The van der Waals surface area contributed by atoms with Gasteiger partial charge in [-0.3, -0.25) is 9.69 Å². The van der Waals surface area contributed by atoms with Crippen LogP contribution in [-0.2, 0) is 20.9 Å². The van der Waals surface area contributed by atoms with E-state index in [-0.39, 0.29) is 24.0 Å². The zero-order valence-electron chi connectivity index (χ0n) is 19.3. The molecule has 0 aromatic heterocycles. The highest BCUT2D eigenvalue weighted by Gasteiger charge is 2.55. The summed E-state index contributed by atoms with van der Waals surface area (Å²) in [5.74, 6) is 0.151. The Morgan fingerprint density at radius 3 is 2.12 bits per heavy atom. The van der Waals surface area contributed by atoms with Gasteiger partial charge >= 0.3 is 6.09 Å². The van der Waals surface area contributed by atoms with Crippen molar-refractivity contribution in [3.8, 4) is 0 Å². The average molecular weight is 456 g/mol. The number of cyclic esters (lactones) is 1. The third kappa shape index (κ3) is 4.36. The molecule has 3 aromatic rings. The fourth-order valence-corrected chi connectivity index (χ4v) is 5.35. The van der Waals surface area contributed by atoms with Crippen molar-refractivity contribution in [3.63, 3.8) is 0 Å². The number of ether oxygens (including phenoxy) is 2. The van der Waals surface area contributed by atoms with Crippen LogP contribution in [0.1, 0.15) is 48.6 Å². The van der Waals surface area contributed by atoms with E-state index in [0.29, 0.717) is 26.1 Å². The monoisotopic (exact) mass is 455 g/mol. The smallest absolute Gasteiger partial charge is 0.411 e. The summed E-state index contributed by atoms with van der Waals surface area (Å²) in [7, 11) is 0. The van der Waals surface area contributed by atoms with Crippen LogP contribution in [0.3, 0.4) is 0 Å². The molecule has 0 spiro atoms. The summed E-state index contributed by atoms with van der Waals surface area (Å²) < 4.78 is 12.1. The third-order valence-electron chi connectivity index (χ3n) is 7.00. The molecule has 2 aliphatic rings. The number of hydrogen-bond donors (Lipinski definition) is 0. The molecule has 1 saturated heterocycles. The van der Waals surface area contributed by atoms with Crippen LogP contribution in [0.2, 0.25) is 0 Å². The van der Waals surface area contributed by atoms with E-state index >= 15 is 0 Å². The SMILES string of the molecule is C[C@@]1(COCc2ccccc2)CC(=O)C[C@H]1N1C(=O)O[C@@H](c2ccccc2)[C@H]1c1ccccc1. The molecule has 0 N–H and O–H groups in total. The normalized spacial score (nSPS) is 26.6. The highest BCUT2D eigenvalue weighted by atomic mass is 16.6. The summed E-state index contributed by atoms with van der Waals surface area (Å²) in [6.45, 7) is 2.91. The van der Waals surface area contributed by atoms with Gasteiger partial charge in [0.1, 0.15) is 11.8 Å². The second-order valence-electron chi connectivity index (χ2n) is 9.55. The largest absolute Gasteiger partial charge is 0.439 e. The summed E-state index contributed by atoms with van der Waals surface area (Å²) >= 11 is 0. The molecule has 174 valence electrons. The first-order valence-corrected chi connectivity index (χ1v) is 11.8. The lowest BCUT2D eigenvalue weighted by molar-refractivity contribution is -0.118. The number of amides is 1. The molecule has 5 nitrogen and oxygen atoms in total. The molecule has 5 heteroatoms. The van der Waals surface area contributed by atoms with Gasteiger partial charge in [0.2, 0.25) is 0 Å². The van der Waals surface area contributed by atoms with E-state index in [9.17, 15) is 9.59 Å². The number of Topliss-reactive ketones (excluding diaryl/α,β-unsaturated/α-hetero) is 1. The predicted molar refractivity (Wildman–Crippen MR) is 129 cm³/mol. The van der Waals surface area contributed by atoms with E-state index in [2.05, 4.69) is 6.92 Å². The van der Waals surface area contributed by atoms with E-state index in [1.54, 1.807) is 0 Å². The van der Waals surface area contributed by atoms with Gasteiger partial charge in [-0.15, -0.1) is 0 Å². The van der Waals surface area contributed by atoms with Crippen molar-refractivity contribution >= 4 is 11.9 Å². The molecule has 1 aliphatic heterocycles. The molecule has 34 heavy (non-hydrogen) atoms. The van der Waals surface area contributed by atoms with Gasteiger partial charge in [0.25, 0.3) is 0 Å². The topological polar surface area (TPSA) is 55.8 Å². The number of ketones is 1. The van der Waals surface area contributed by atoms with Crippen molar-refractivity contribution in [3.05, 3.63) is 108 Å². The first kappa shape index (κ1) is 22.4. The van der Waals surface area contributed by atoms with Crippen molar-refractivity contribution in [2.45, 2.75) is 44.6 Å². The van der Waals surface area contributed by atoms with Crippen LogP contribution in [0.4, 0.5) is 4.79 Å². The van der Waals surface area contributed by atoms with E-state index in [1.807, 2.05) is 95.9 Å². The molecule has 0 radical (unpaired) electrons. The highest BCUT2D eigenvalue weighted by Crippen LogP contribution is 2.50. The minimum absolute atomic E-state index is 0.151. The minimum atomic E-state index is -0.497. The van der Waals surface area contributed by atoms with Crippen molar-refractivity contribution in [1.82, 2.24) is 4.90 Å². The van der Waals surface area contributed by atoms with Gasteiger partial charge in [-0.1, -0.05) is 97.9 Å². The number of benzene rings is 3. The van der Waals surface area contributed by atoms with Crippen LogP contribution in [0.5, 0.6) is 0 Å². The zero-order valence-corrected chi connectivity index (χ0v) is 19.3. The lowest BCUT2D eigenvalue weighted by atomic mass is 9.83. The standard InChI is InChI=1S/C29H29NO4/c1-29(20-33-19-21-11-5-2-6-12-21)18-24(31)17-25(29)30-26(22-13-7-3-8-14-22)27(34-28(30)32)23-15-9-4-10-16-23/h2-16,25-27H,17-20H2,1H3/t25-,26-,27+,29+/m1/s1. The fourth-order valence-electron chi connectivity index (χ4n) is 5.35. The van der Waals surface area contributed by atoms with Crippen molar-refractivity contribution in [2.24, 2.45) is 5.41 Å². The maximum Gasteiger partial charge on any atom is 0.411 e. The Morgan fingerprint density at radius 2 is 1.47 bits per heavy atom. The first-order chi connectivity index (χ1) is 16.5. The van der Waals surface area contributed by atoms with Crippen LogP contribution in [0.15, 0.2) is 91.0 Å². The molecule has 1 aliphatic carbocycles. The Bertz CT molecular complexity index is 1130. The van der Waals surface area contributed by atoms with Crippen LogP contribution in [0.25, 0.3) is 0 Å². The second-order valence-corrected chi connectivity index (χ2v) is 9.55. The molecule has 5 rings (SSSR count). The van der Waals surface area contributed by atoms with Crippen molar-refractivity contribution < 1.29 is 19.1 Å². The minimum Gasteiger partial charge on any atom is -0.439 e. The van der Waals surface area contributed by atoms with E-state index in [4.69, 9.17) is 9.47 Å². The van der Waals surface area contributed by atoms with Gasteiger partial charge in [0.05, 0.1) is 19.3 Å². The van der Waals surface area contributed by atoms with Crippen LogP contribution in [-0.4, -0.2) is 29.4 Å². The number of carbonyl (C=O) groups is 2. The maximum absolute atomic E-state index is 13.4. The first-order valence-electron chi connectivity index (χ1n) is 11.8. The molecule has 1 heterocycles. The highest BCUT2D eigenvalue weighted by molar-refractivity contribution is 5.84. The summed E-state index contributed by atoms with van der Waals surface area (Å²) in [5.41, 5.74) is 2.52. The predicted octanol–water partition coefficient (Wildman–Crippen LogP) is 5.88. The van der Waals surface area contributed by atoms with E-state index < -0.39 is 11.5 Å². The summed E-state index contributed by atoms with van der Waals surface area (Å²) in [5, 5.41) is 0. The maximum atomic E-state index is 13.4. The number of carbonyl (C=O) groups excluding carboxylic acids is 2. The Morgan fingerprint density at radius 1 is 0.882 bits per heavy atom. The lowest BCUT2D eigenvalue weighted by Crippen LogP contribution is -2.47. The molecule has 4 atom stereocenters. The van der Waals surface area contributed by atoms with Gasteiger partial charge in [-0.25, -0.2) is 4.79 Å². The molecule has 0 bridgehead atoms. The van der Waals surface area contributed by atoms with E-state index in [1.165, 1.54) is 0 Å². The summed E-state index contributed by atoms with van der Waals surface area (Å²) in [6, 6.07) is 29.1. The number of nitrogens with zero attached hydrogens (tertiary/aromatic N) is 1. The van der Waals surface area contributed by atoms with Gasteiger partial charge in [-0.2, -0.15) is 0 Å². The second kappa shape index (κ2) is 9.43. The van der Waals surface area contributed by atoms with Crippen molar-refractivity contribution in [2.75, 3.05) is 6.61 Å². The van der Waals surface area contributed by atoms with Gasteiger partial charge in [0.15, 0.2) is 6.10 Å². The molecule has 3 aromatic carbocycles. The van der Waals surface area contributed by atoms with Gasteiger partial charge < -0.3 is 9.47 Å². The molecular weight excluding hydrogens is 426 g/mol. The Kier molecular flexibility index (Phi) is 6.20. The summed E-state index contributed by atoms with van der Waals surface area (Å²) in [6.07, 6.45) is -0.128. The molecular formula is C29H29NO4. The fraction of sp³-hybridized carbons (Fsp3) is 0.310. The molecule has 1 amide bonds. The van der Waals surface area contributed by atoms with Crippen LogP contribution >= 0.6 is 0 Å². The average Bonchev–Trinajstić information content (AvgIpc) is 3.35. The Balaban J connectivity index is 1.45. The van der Waals surface area contributed by atoms with Crippen LogP contribution in [0, 0.1) is 5.41 Å². The van der Waals surface area contributed by atoms with Crippen LogP contribution < -0.4 is 0 Å². The number of rotatable bonds is 7. The van der Waals surface area contributed by atoms with Gasteiger partial charge in [-0.05, 0) is 16.7 Å². The molecule has 2 fully saturated rings. The third-order valence-corrected chi connectivity index (χ3v) is 7.00.